The maximum atomic E-state index is 13.2. The molecule has 0 bridgehead atoms. The average molecular weight is 446 g/mol. The molecular weight excluding hydrogens is 428 g/mol. The molecule has 0 aliphatic carbocycles. The highest BCUT2D eigenvalue weighted by Gasteiger charge is 2.47. The van der Waals surface area contributed by atoms with Crippen LogP contribution in [0.1, 0.15) is 22.7 Å². The number of nitrogens with zero attached hydrogens (tertiary/aromatic N) is 2. The number of aromatic hydroxyl groups is 1. The molecule has 6 nitrogen and oxygen atoms in total. The lowest BCUT2D eigenvalue weighted by molar-refractivity contribution is -0.132. The van der Waals surface area contributed by atoms with Crippen LogP contribution in [0.5, 0.6) is 5.75 Å². The summed E-state index contributed by atoms with van der Waals surface area (Å²) in [6.07, 6.45) is 0. The highest BCUT2D eigenvalue weighted by molar-refractivity contribution is 6.51. The number of hydrogen-bond acceptors (Lipinski definition) is 5. The van der Waals surface area contributed by atoms with Crippen LogP contribution in [0.4, 0.5) is 5.69 Å². The minimum Gasteiger partial charge on any atom is -0.508 e. The van der Waals surface area contributed by atoms with Crippen molar-refractivity contribution in [1.82, 2.24) is 0 Å². The van der Waals surface area contributed by atoms with Gasteiger partial charge in [-0.05, 0) is 58.8 Å². The topological polar surface area (TPSA) is 102 Å². The van der Waals surface area contributed by atoms with Gasteiger partial charge in [0.2, 0.25) is 0 Å². The van der Waals surface area contributed by atoms with Crippen molar-refractivity contribution >= 4 is 33.9 Å². The zero-order valence-corrected chi connectivity index (χ0v) is 17.8. The van der Waals surface area contributed by atoms with Crippen molar-refractivity contribution in [3.63, 3.8) is 0 Å². The van der Waals surface area contributed by atoms with Crippen LogP contribution in [0, 0.1) is 11.3 Å². The fourth-order valence-electron chi connectivity index (χ4n) is 4.30. The summed E-state index contributed by atoms with van der Waals surface area (Å²) in [6.45, 7) is 0. The number of amides is 1. The molecule has 5 rings (SSSR count). The van der Waals surface area contributed by atoms with E-state index >= 15 is 0 Å². The Morgan fingerprint density at radius 1 is 0.853 bits per heavy atom. The molecule has 1 heterocycles. The summed E-state index contributed by atoms with van der Waals surface area (Å²) in [5.41, 5.74) is 1.60. The summed E-state index contributed by atoms with van der Waals surface area (Å²) in [4.78, 5) is 27.7. The van der Waals surface area contributed by atoms with Crippen LogP contribution >= 0.6 is 0 Å². The van der Waals surface area contributed by atoms with Crippen molar-refractivity contribution in [1.29, 1.82) is 5.26 Å². The number of anilines is 1. The predicted molar refractivity (Wildman–Crippen MR) is 128 cm³/mol. The van der Waals surface area contributed by atoms with Gasteiger partial charge >= 0.3 is 0 Å². The van der Waals surface area contributed by atoms with Crippen LogP contribution in [0.25, 0.3) is 16.5 Å². The van der Waals surface area contributed by atoms with Crippen LogP contribution in [0.2, 0.25) is 0 Å². The van der Waals surface area contributed by atoms with E-state index in [1.54, 1.807) is 48.5 Å². The smallest absolute Gasteiger partial charge is 0.300 e. The van der Waals surface area contributed by atoms with Crippen LogP contribution in [0.3, 0.4) is 0 Å². The van der Waals surface area contributed by atoms with Gasteiger partial charge in [-0.3, -0.25) is 14.5 Å². The van der Waals surface area contributed by atoms with Crippen molar-refractivity contribution in [3.8, 4) is 11.8 Å². The number of aliphatic hydroxyl groups excluding tert-OH is 1. The molecule has 1 aliphatic rings. The van der Waals surface area contributed by atoms with E-state index < -0.39 is 17.7 Å². The SMILES string of the molecule is N#Cc1ccc(N2C(=O)C(=O)/C(=C(\O)c3ccc4ccccc4c3)C2c2cccc(O)c2)cc1. The predicted octanol–water partition coefficient (Wildman–Crippen LogP) is 5.04. The molecule has 1 unspecified atom stereocenters. The van der Waals surface area contributed by atoms with E-state index in [9.17, 15) is 19.8 Å². The number of ketones is 1. The Labute approximate surface area is 195 Å². The van der Waals surface area contributed by atoms with E-state index in [-0.39, 0.29) is 17.1 Å². The molecule has 1 saturated heterocycles. The number of rotatable bonds is 3. The standard InChI is InChI=1S/C28H18N2O4/c29-16-17-8-12-22(13-9-17)30-25(20-6-3-7-23(31)15-20)24(27(33)28(30)34)26(32)21-11-10-18-4-1-2-5-19(18)14-21/h1-15,25,31-32H/b26-24-. The first-order valence-corrected chi connectivity index (χ1v) is 10.6. The molecule has 0 saturated carbocycles. The first-order chi connectivity index (χ1) is 16.5. The zero-order chi connectivity index (χ0) is 23.8. The van der Waals surface area contributed by atoms with Gasteiger partial charge in [-0.25, -0.2) is 0 Å². The Kier molecular flexibility index (Phi) is 5.08. The number of carbonyl (C=O) groups is 2. The third kappa shape index (κ3) is 3.46. The number of aliphatic hydroxyl groups is 1. The third-order valence-electron chi connectivity index (χ3n) is 5.93. The molecule has 0 radical (unpaired) electrons. The first-order valence-electron chi connectivity index (χ1n) is 10.6. The van der Waals surface area contributed by atoms with E-state index in [0.717, 1.165) is 10.8 Å². The number of phenols is 1. The molecule has 34 heavy (non-hydrogen) atoms. The lowest BCUT2D eigenvalue weighted by Gasteiger charge is -2.25. The molecular formula is C28H18N2O4. The molecule has 6 heteroatoms. The normalized spacial score (nSPS) is 17.1. The molecule has 164 valence electrons. The number of phenolic OH excluding ortho intramolecular Hbond substituents is 1. The van der Waals surface area contributed by atoms with Gasteiger partial charge in [0.15, 0.2) is 0 Å². The Bertz CT molecular complexity index is 1530. The van der Waals surface area contributed by atoms with Crippen LogP contribution in [0.15, 0.2) is 96.6 Å². The van der Waals surface area contributed by atoms with Gasteiger partial charge in [0, 0.05) is 11.3 Å². The highest BCUT2D eigenvalue weighted by Crippen LogP contribution is 2.43. The van der Waals surface area contributed by atoms with E-state index in [4.69, 9.17) is 5.26 Å². The number of carbonyl (C=O) groups excluding carboxylic acids is 2. The van der Waals surface area contributed by atoms with E-state index in [1.807, 2.05) is 36.4 Å². The molecule has 2 N–H and O–H groups in total. The fourth-order valence-corrected chi connectivity index (χ4v) is 4.30. The van der Waals surface area contributed by atoms with Crippen LogP contribution in [-0.4, -0.2) is 21.9 Å². The van der Waals surface area contributed by atoms with Gasteiger partial charge in [-0.1, -0.05) is 48.5 Å². The second kappa shape index (κ2) is 8.23. The van der Waals surface area contributed by atoms with Gasteiger partial charge in [0.05, 0.1) is 23.2 Å². The van der Waals surface area contributed by atoms with E-state index in [0.29, 0.717) is 22.4 Å². The van der Waals surface area contributed by atoms with E-state index in [1.165, 1.54) is 17.0 Å². The molecule has 1 amide bonds. The zero-order valence-electron chi connectivity index (χ0n) is 17.8. The van der Waals surface area contributed by atoms with Gasteiger partial charge in [-0.15, -0.1) is 0 Å². The van der Waals surface area contributed by atoms with Crippen molar-refractivity contribution in [2.45, 2.75) is 6.04 Å². The van der Waals surface area contributed by atoms with E-state index in [2.05, 4.69) is 0 Å². The summed E-state index contributed by atoms with van der Waals surface area (Å²) in [5.74, 6) is -1.97. The lowest BCUT2D eigenvalue weighted by atomic mass is 9.94. The number of hydrogen-bond donors (Lipinski definition) is 2. The van der Waals surface area contributed by atoms with Crippen LogP contribution in [-0.2, 0) is 9.59 Å². The average Bonchev–Trinajstić information content (AvgIpc) is 3.13. The number of Topliss-reactive ketones (excluding diaryl/α,β-unsaturated/α-hetero) is 1. The number of benzene rings is 4. The van der Waals surface area contributed by atoms with Gasteiger partial charge in [-0.2, -0.15) is 5.26 Å². The minimum absolute atomic E-state index is 0.0337. The van der Waals surface area contributed by atoms with Crippen molar-refractivity contribution in [3.05, 3.63) is 113 Å². The molecule has 4 aromatic rings. The first kappa shape index (κ1) is 21.0. The summed E-state index contributed by atoms with van der Waals surface area (Å²) >= 11 is 0. The molecule has 1 fully saturated rings. The summed E-state index contributed by atoms with van der Waals surface area (Å²) in [6, 6.07) is 26.5. The number of nitriles is 1. The third-order valence-corrected chi connectivity index (χ3v) is 5.93. The maximum absolute atomic E-state index is 13.2. The summed E-state index contributed by atoms with van der Waals surface area (Å²) in [7, 11) is 0. The molecule has 0 spiro atoms. The summed E-state index contributed by atoms with van der Waals surface area (Å²) in [5, 5.41) is 32.3. The molecule has 1 atom stereocenters. The largest absolute Gasteiger partial charge is 0.508 e. The van der Waals surface area contributed by atoms with Crippen molar-refractivity contribution in [2.24, 2.45) is 0 Å². The van der Waals surface area contributed by atoms with Gasteiger partial charge in [0.25, 0.3) is 11.7 Å². The maximum Gasteiger partial charge on any atom is 0.300 e. The Balaban J connectivity index is 1.72. The number of fused-ring (bicyclic) bond motifs is 1. The Morgan fingerprint density at radius 2 is 1.59 bits per heavy atom. The second-order valence-corrected chi connectivity index (χ2v) is 7.98. The van der Waals surface area contributed by atoms with Gasteiger partial charge < -0.3 is 10.2 Å². The van der Waals surface area contributed by atoms with Gasteiger partial charge in [0.1, 0.15) is 11.5 Å². The lowest BCUT2D eigenvalue weighted by Crippen LogP contribution is -2.29. The van der Waals surface area contributed by atoms with Crippen LogP contribution < -0.4 is 4.90 Å². The molecule has 4 aromatic carbocycles. The minimum atomic E-state index is -0.966. The molecule has 1 aliphatic heterocycles. The Morgan fingerprint density at radius 3 is 2.29 bits per heavy atom. The summed E-state index contributed by atoms with van der Waals surface area (Å²) < 4.78 is 0. The van der Waals surface area contributed by atoms with Crippen molar-refractivity contribution < 1.29 is 19.8 Å². The highest BCUT2D eigenvalue weighted by atomic mass is 16.3. The fraction of sp³-hybridized carbons (Fsp3) is 0.0357. The quantitative estimate of drug-likeness (QED) is 0.261. The van der Waals surface area contributed by atoms with Crippen molar-refractivity contribution in [2.75, 3.05) is 4.90 Å². The molecule has 0 aromatic heterocycles. The monoisotopic (exact) mass is 446 g/mol. The Hall–Kier alpha value is -4.89. The second-order valence-electron chi connectivity index (χ2n) is 7.98.